The molecule has 1 aromatic carbocycles. The lowest BCUT2D eigenvalue weighted by Gasteiger charge is -2.30. The molecule has 0 spiro atoms. The van der Waals surface area contributed by atoms with Gasteiger partial charge >= 0.3 is 11.8 Å². The van der Waals surface area contributed by atoms with Crippen molar-refractivity contribution in [1.29, 1.82) is 0 Å². The monoisotopic (exact) mass is 473 g/mol. The zero-order chi connectivity index (χ0) is 24.5. The zero-order valence-corrected chi connectivity index (χ0v) is 19.7. The highest BCUT2D eigenvalue weighted by Crippen LogP contribution is 2.26. The molecule has 1 aliphatic rings. The Morgan fingerprint density at radius 1 is 1.21 bits per heavy atom. The van der Waals surface area contributed by atoms with Crippen LogP contribution in [0.2, 0.25) is 0 Å². The fraction of sp³-hybridized carbons (Fsp3) is 0.545. The molecular weight excluding hydrogens is 442 g/mol. The van der Waals surface area contributed by atoms with Crippen molar-refractivity contribution in [2.24, 2.45) is 5.92 Å². The van der Waals surface area contributed by atoms with E-state index < -0.39 is 11.8 Å². The number of methoxy groups -OCH3 is 1. The first-order valence-electron chi connectivity index (χ1n) is 11.3. The fourth-order valence-electron chi connectivity index (χ4n) is 3.73. The number of ether oxygens (including phenoxy) is 2. The predicted octanol–water partition coefficient (Wildman–Crippen LogP) is 0.699. The number of carbonyl (C=O) groups is 3. The summed E-state index contributed by atoms with van der Waals surface area (Å²) >= 11 is 0. The number of anilines is 1. The average molecular weight is 474 g/mol. The van der Waals surface area contributed by atoms with Gasteiger partial charge < -0.3 is 25.0 Å². The second-order valence-electron chi connectivity index (χ2n) is 7.89. The van der Waals surface area contributed by atoms with E-state index >= 15 is 0 Å². The molecule has 2 heterocycles. The summed E-state index contributed by atoms with van der Waals surface area (Å²) in [6, 6.07) is 4.93. The lowest BCUT2D eigenvalue weighted by molar-refractivity contribution is -0.144. The Morgan fingerprint density at radius 2 is 1.97 bits per heavy atom. The highest BCUT2D eigenvalue weighted by atomic mass is 16.5. The SMILES string of the molecule is CCOCCCNC(=O)C1CCN(C(=O)C(=O)Nc2ccc(OC)c(-n3nnnc3C)c2)CC1. The van der Waals surface area contributed by atoms with Crippen molar-refractivity contribution in [3.05, 3.63) is 24.0 Å². The van der Waals surface area contributed by atoms with Gasteiger partial charge in [-0.2, -0.15) is 4.68 Å². The largest absolute Gasteiger partial charge is 0.494 e. The van der Waals surface area contributed by atoms with Crippen molar-refractivity contribution >= 4 is 23.4 Å². The van der Waals surface area contributed by atoms with E-state index in [-0.39, 0.29) is 11.8 Å². The molecule has 12 heteroatoms. The lowest BCUT2D eigenvalue weighted by atomic mass is 9.96. The number of benzene rings is 1. The first-order chi connectivity index (χ1) is 16.4. The minimum Gasteiger partial charge on any atom is -0.494 e. The van der Waals surface area contributed by atoms with Crippen LogP contribution in [0.4, 0.5) is 5.69 Å². The van der Waals surface area contributed by atoms with Crippen molar-refractivity contribution in [3.8, 4) is 11.4 Å². The third-order valence-corrected chi connectivity index (χ3v) is 5.61. The quantitative estimate of drug-likeness (QED) is 0.401. The number of amides is 3. The molecule has 1 fully saturated rings. The van der Waals surface area contributed by atoms with E-state index in [9.17, 15) is 14.4 Å². The van der Waals surface area contributed by atoms with Crippen LogP contribution in [0, 0.1) is 12.8 Å². The molecule has 3 rings (SSSR count). The summed E-state index contributed by atoms with van der Waals surface area (Å²) in [6.07, 6.45) is 1.79. The van der Waals surface area contributed by atoms with E-state index in [0.29, 0.717) is 68.6 Å². The summed E-state index contributed by atoms with van der Waals surface area (Å²) < 4.78 is 12.1. The number of hydrogen-bond donors (Lipinski definition) is 2. The number of nitrogens with zero attached hydrogens (tertiary/aromatic N) is 5. The Kier molecular flexibility index (Phi) is 8.91. The summed E-state index contributed by atoms with van der Waals surface area (Å²) in [5.74, 6) is -0.508. The molecule has 184 valence electrons. The molecule has 1 aromatic heterocycles. The molecule has 0 radical (unpaired) electrons. The number of hydrogen-bond acceptors (Lipinski definition) is 8. The number of aryl methyl sites for hydroxylation is 1. The minimum absolute atomic E-state index is 0.0169. The standard InChI is InChI=1S/C22H31N7O5/c1-4-34-13-5-10-23-20(30)16-8-11-28(12-9-16)22(32)21(31)24-17-6-7-19(33-3)18(14-17)29-15(2)25-26-27-29/h6-7,14,16H,4-5,8-13H2,1-3H3,(H,23,30)(H,24,31). The second kappa shape index (κ2) is 12.1. The average Bonchev–Trinajstić information content (AvgIpc) is 3.29. The minimum atomic E-state index is -0.747. The number of piperidine rings is 1. The maximum absolute atomic E-state index is 12.7. The van der Waals surface area contributed by atoms with Crippen LogP contribution < -0.4 is 15.4 Å². The van der Waals surface area contributed by atoms with Gasteiger partial charge in [0.15, 0.2) is 5.82 Å². The summed E-state index contributed by atoms with van der Waals surface area (Å²) in [4.78, 5) is 39.1. The molecule has 1 aliphatic heterocycles. The topological polar surface area (TPSA) is 141 Å². The van der Waals surface area contributed by atoms with E-state index in [4.69, 9.17) is 9.47 Å². The highest BCUT2D eigenvalue weighted by Gasteiger charge is 2.30. The molecule has 0 aliphatic carbocycles. The Hall–Kier alpha value is -3.54. The molecule has 0 saturated carbocycles. The maximum atomic E-state index is 12.7. The molecule has 1 saturated heterocycles. The van der Waals surface area contributed by atoms with Crippen molar-refractivity contribution < 1.29 is 23.9 Å². The van der Waals surface area contributed by atoms with Crippen molar-refractivity contribution in [1.82, 2.24) is 30.4 Å². The van der Waals surface area contributed by atoms with E-state index in [1.165, 1.54) is 16.7 Å². The number of tetrazole rings is 1. The fourth-order valence-corrected chi connectivity index (χ4v) is 3.73. The van der Waals surface area contributed by atoms with Crippen LogP contribution in [0.5, 0.6) is 5.75 Å². The lowest BCUT2D eigenvalue weighted by Crippen LogP contribution is -2.46. The molecule has 2 aromatic rings. The molecule has 12 nitrogen and oxygen atoms in total. The number of nitrogens with one attached hydrogen (secondary N) is 2. The molecular formula is C22H31N7O5. The Bertz CT molecular complexity index is 1000. The second-order valence-corrected chi connectivity index (χ2v) is 7.89. The van der Waals surface area contributed by atoms with Crippen LogP contribution in [0.1, 0.15) is 32.0 Å². The summed E-state index contributed by atoms with van der Waals surface area (Å²) in [7, 11) is 1.52. The van der Waals surface area contributed by atoms with Crippen LogP contribution in [0.25, 0.3) is 5.69 Å². The van der Waals surface area contributed by atoms with Crippen LogP contribution in [-0.2, 0) is 19.1 Å². The van der Waals surface area contributed by atoms with Crippen LogP contribution in [0.3, 0.4) is 0 Å². The van der Waals surface area contributed by atoms with E-state index in [1.807, 2.05) is 6.92 Å². The number of aromatic nitrogens is 4. The van der Waals surface area contributed by atoms with Crippen LogP contribution >= 0.6 is 0 Å². The highest BCUT2D eigenvalue weighted by molar-refractivity contribution is 6.39. The molecule has 34 heavy (non-hydrogen) atoms. The van der Waals surface area contributed by atoms with Gasteiger partial charge in [-0.1, -0.05) is 0 Å². The van der Waals surface area contributed by atoms with Crippen LogP contribution in [-0.4, -0.2) is 82.8 Å². The molecule has 0 unspecified atom stereocenters. The maximum Gasteiger partial charge on any atom is 0.313 e. The first kappa shape index (κ1) is 25.1. The van der Waals surface area contributed by atoms with Crippen molar-refractivity contribution in [2.45, 2.75) is 33.1 Å². The van der Waals surface area contributed by atoms with Crippen molar-refractivity contribution in [2.75, 3.05) is 45.3 Å². The Morgan fingerprint density at radius 3 is 2.62 bits per heavy atom. The van der Waals surface area contributed by atoms with Crippen LogP contribution in [0.15, 0.2) is 18.2 Å². The van der Waals surface area contributed by atoms with E-state index in [2.05, 4.69) is 26.2 Å². The molecule has 0 atom stereocenters. The van der Waals surface area contributed by atoms with Gasteiger partial charge in [-0.15, -0.1) is 5.10 Å². The predicted molar refractivity (Wildman–Crippen MR) is 122 cm³/mol. The third kappa shape index (κ3) is 6.28. The molecule has 2 N–H and O–H groups in total. The van der Waals surface area contributed by atoms with Crippen molar-refractivity contribution in [3.63, 3.8) is 0 Å². The third-order valence-electron chi connectivity index (χ3n) is 5.61. The summed E-state index contributed by atoms with van der Waals surface area (Å²) in [6.45, 7) is 6.20. The van der Waals surface area contributed by atoms with E-state index in [1.54, 1.807) is 25.1 Å². The number of carbonyl (C=O) groups excluding carboxylic acids is 3. The summed E-state index contributed by atoms with van der Waals surface area (Å²) in [5.41, 5.74) is 0.939. The smallest absolute Gasteiger partial charge is 0.313 e. The normalized spacial score (nSPS) is 14.0. The molecule has 0 bridgehead atoms. The van der Waals surface area contributed by atoms with Gasteiger partial charge in [-0.3, -0.25) is 14.4 Å². The van der Waals surface area contributed by atoms with Gasteiger partial charge in [0.2, 0.25) is 5.91 Å². The van der Waals surface area contributed by atoms with Gasteiger partial charge in [0.1, 0.15) is 11.4 Å². The Labute approximate surface area is 198 Å². The van der Waals surface area contributed by atoms with Gasteiger partial charge in [-0.05, 0) is 61.7 Å². The Balaban J connectivity index is 1.52. The van der Waals surface area contributed by atoms with Gasteiger partial charge in [0.25, 0.3) is 0 Å². The number of likely N-dealkylation sites (tertiary alicyclic amines) is 1. The van der Waals surface area contributed by atoms with Gasteiger partial charge in [0.05, 0.1) is 7.11 Å². The zero-order valence-electron chi connectivity index (χ0n) is 19.7. The van der Waals surface area contributed by atoms with E-state index in [0.717, 1.165) is 6.42 Å². The summed E-state index contributed by atoms with van der Waals surface area (Å²) in [5, 5.41) is 17.0. The van der Waals surface area contributed by atoms with Gasteiger partial charge in [-0.25, -0.2) is 0 Å². The van der Waals surface area contributed by atoms with Gasteiger partial charge in [0, 0.05) is 44.5 Å². The number of rotatable bonds is 9. The molecule has 3 amide bonds. The first-order valence-corrected chi connectivity index (χ1v) is 11.3.